The number of rotatable bonds is 7. The average molecular weight is 372 g/mol. The maximum atomic E-state index is 12.9. The Morgan fingerprint density at radius 2 is 1.92 bits per heavy atom. The SMILES string of the molecule is COc1ccc(N(CCS)C(=O)c2ccncc2)cc1OC1CCCC1. The van der Waals surface area contributed by atoms with Crippen LogP contribution in [0.15, 0.2) is 42.7 Å². The van der Waals surface area contributed by atoms with E-state index in [1.54, 1.807) is 36.5 Å². The number of benzene rings is 1. The van der Waals surface area contributed by atoms with Crippen molar-refractivity contribution in [1.82, 2.24) is 4.98 Å². The van der Waals surface area contributed by atoms with Crippen LogP contribution in [0.3, 0.4) is 0 Å². The molecule has 3 rings (SSSR count). The zero-order valence-corrected chi connectivity index (χ0v) is 15.8. The number of carbonyl (C=O) groups is 1. The summed E-state index contributed by atoms with van der Waals surface area (Å²) in [5.74, 6) is 1.84. The molecule has 5 nitrogen and oxygen atoms in total. The normalized spacial score (nSPS) is 14.2. The van der Waals surface area contributed by atoms with E-state index in [9.17, 15) is 4.79 Å². The Bertz CT molecular complexity index is 733. The number of amides is 1. The van der Waals surface area contributed by atoms with Crippen molar-refractivity contribution in [2.24, 2.45) is 0 Å². The molecule has 138 valence electrons. The first kappa shape index (κ1) is 18.6. The highest BCUT2D eigenvalue weighted by Gasteiger charge is 2.22. The van der Waals surface area contributed by atoms with Gasteiger partial charge in [-0.1, -0.05) is 0 Å². The summed E-state index contributed by atoms with van der Waals surface area (Å²) >= 11 is 4.31. The molecule has 1 aromatic carbocycles. The van der Waals surface area contributed by atoms with E-state index in [-0.39, 0.29) is 12.0 Å². The lowest BCUT2D eigenvalue weighted by Crippen LogP contribution is -2.32. The second-order valence-corrected chi connectivity index (χ2v) is 6.72. The second kappa shape index (κ2) is 8.94. The zero-order chi connectivity index (χ0) is 18.4. The number of nitrogens with zero attached hydrogens (tertiary/aromatic N) is 2. The third-order valence-corrected chi connectivity index (χ3v) is 4.75. The number of carbonyl (C=O) groups excluding carboxylic acids is 1. The van der Waals surface area contributed by atoms with Crippen LogP contribution in [-0.2, 0) is 0 Å². The average Bonchev–Trinajstić information content (AvgIpc) is 3.19. The first-order valence-corrected chi connectivity index (χ1v) is 9.53. The van der Waals surface area contributed by atoms with Crippen molar-refractivity contribution >= 4 is 24.2 Å². The van der Waals surface area contributed by atoms with E-state index in [4.69, 9.17) is 9.47 Å². The van der Waals surface area contributed by atoms with Crippen LogP contribution < -0.4 is 14.4 Å². The highest BCUT2D eigenvalue weighted by Crippen LogP contribution is 2.35. The third kappa shape index (κ3) is 4.30. The molecule has 2 aromatic rings. The number of thiol groups is 1. The largest absolute Gasteiger partial charge is 0.493 e. The van der Waals surface area contributed by atoms with Crippen molar-refractivity contribution in [2.45, 2.75) is 31.8 Å². The molecular weight excluding hydrogens is 348 g/mol. The Kier molecular flexibility index (Phi) is 6.39. The van der Waals surface area contributed by atoms with E-state index >= 15 is 0 Å². The van der Waals surface area contributed by atoms with E-state index in [0.29, 0.717) is 29.4 Å². The lowest BCUT2D eigenvalue weighted by molar-refractivity contribution is 0.0988. The maximum Gasteiger partial charge on any atom is 0.258 e. The van der Waals surface area contributed by atoms with Gasteiger partial charge in [0, 0.05) is 42.0 Å². The van der Waals surface area contributed by atoms with Gasteiger partial charge in [0.15, 0.2) is 11.5 Å². The van der Waals surface area contributed by atoms with Crippen LogP contribution in [0.4, 0.5) is 5.69 Å². The molecule has 0 N–H and O–H groups in total. The van der Waals surface area contributed by atoms with Crippen LogP contribution >= 0.6 is 12.6 Å². The summed E-state index contributed by atoms with van der Waals surface area (Å²) < 4.78 is 11.6. The van der Waals surface area contributed by atoms with E-state index < -0.39 is 0 Å². The first-order valence-electron chi connectivity index (χ1n) is 8.90. The fraction of sp³-hybridized carbons (Fsp3) is 0.400. The van der Waals surface area contributed by atoms with Gasteiger partial charge in [-0.05, 0) is 49.9 Å². The number of hydrogen-bond donors (Lipinski definition) is 1. The standard InChI is InChI=1S/C20H24N2O3S/c1-24-18-7-6-16(14-19(18)25-17-4-2-3-5-17)22(12-13-26)20(23)15-8-10-21-11-9-15/h6-11,14,17,26H,2-5,12-13H2,1H3. The highest BCUT2D eigenvalue weighted by molar-refractivity contribution is 7.80. The Hall–Kier alpha value is -2.21. The molecule has 0 atom stereocenters. The maximum absolute atomic E-state index is 12.9. The summed E-state index contributed by atoms with van der Waals surface area (Å²) in [5.41, 5.74) is 1.37. The van der Waals surface area contributed by atoms with Crippen molar-refractivity contribution < 1.29 is 14.3 Å². The Balaban J connectivity index is 1.89. The molecule has 6 heteroatoms. The van der Waals surface area contributed by atoms with Gasteiger partial charge in [-0.15, -0.1) is 0 Å². The van der Waals surface area contributed by atoms with Gasteiger partial charge in [0.25, 0.3) is 5.91 Å². The quantitative estimate of drug-likeness (QED) is 0.747. The number of ether oxygens (including phenoxy) is 2. The van der Waals surface area contributed by atoms with E-state index in [0.717, 1.165) is 18.5 Å². The van der Waals surface area contributed by atoms with E-state index in [2.05, 4.69) is 17.6 Å². The van der Waals surface area contributed by atoms with Crippen LogP contribution in [0, 0.1) is 0 Å². The topological polar surface area (TPSA) is 51.7 Å². The number of aromatic nitrogens is 1. The minimum absolute atomic E-state index is 0.0848. The summed E-state index contributed by atoms with van der Waals surface area (Å²) in [4.78, 5) is 18.6. The van der Waals surface area contributed by atoms with E-state index in [1.807, 2.05) is 18.2 Å². The fourth-order valence-electron chi connectivity index (χ4n) is 3.21. The Morgan fingerprint density at radius 3 is 2.58 bits per heavy atom. The van der Waals surface area contributed by atoms with Gasteiger partial charge in [0.1, 0.15) is 0 Å². The van der Waals surface area contributed by atoms with Gasteiger partial charge in [-0.3, -0.25) is 9.78 Å². The monoisotopic (exact) mass is 372 g/mol. The molecule has 1 aromatic heterocycles. The lowest BCUT2D eigenvalue weighted by Gasteiger charge is -2.24. The van der Waals surface area contributed by atoms with Gasteiger partial charge in [0.05, 0.1) is 13.2 Å². The van der Waals surface area contributed by atoms with Crippen molar-refractivity contribution in [1.29, 1.82) is 0 Å². The Labute approximate surface area is 159 Å². The van der Waals surface area contributed by atoms with Gasteiger partial charge in [-0.25, -0.2) is 0 Å². The number of hydrogen-bond acceptors (Lipinski definition) is 5. The summed E-state index contributed by atoms with van der Waals surface area (Å²) in [6.45, 7) is 0.499. The van der Waals surface area contributed by atoms with Crippen LogP contribution in [0.5, 0.6) is 11.5 Å². The summed E-state index contributed by atoms with van der Waals surface area (Å²) in [6.07, 6.45) is 7.96. The molecule has 0 bridgehead atoms. The van der Waals surface area contributed by atoms with Crippen molar-refractivity contribution in [3.63, 3.8) is 0 Å². The van der Waals surface area contributed by atoms with Gasteiger partial charge < -0.3 is 14.4 Å². The number of methoxy groups -OCH3 is 1. The molecule has 1 saturated carbocycles. The predicted octanol–water partition coefficient (Wildman–Crippen LogP) is 3.99. The zero-order valence-electron chi connectivity index (χ0n) is 14.9. The molecular formula is C20H24N2O3S. The first-order chi connectivity index (χ1) is 12.7. The van der Waals surface area contributed by atoms with Crippen molar-refractivity contribution in [3.8, 4) is 11.5 Å². The van der Waals surface area contributed by atoms with Gasteiger partial charge in [0.2, 0.25) is 0 Å². The molecule has 0 unspecified atom stereocenters. The molecule has 0 spiro atoms. The summed E-state index contributed by atoms with van der Waals surface area (Å²) in [5, 5.41) is 0. The predicted molar refractivity (Wildman–Crippen MR) is 106 cm³/mol. The second-order valence-electron chi connectivity index (χ2n) is 6.28. The molecule has 1 aliphatic carbocycles. The minimum atomic E-state index is -0.0848. The van der Waals surface area contributed by atoms with Crippen LogP contribution in [0.2, 0.25) is 0 Å². The Morgan fingerprint density at radius 1 is 1.19 bits per heavy atom. The van der Waals surface area contributed by atoms with Gasteiger partial charge in [-0.2, -0.15) is 12.6 Å². The molecule has 1 fully saturated rings. The fourth-order valence-corrected chi connectivity index (χ4v) is 3.41. The van der Waals surface area contributed by atoms with Crippen LogP contribution in [0.1, 0.15) is 36.0 Å². The number of pyridine rings is 1. The third-order valence-electron chi connectivity index (χ3n) is 4.55. The van der Waals surface area contributed by atoms with Crippen LogP contribution in [-0.4, -0.2) is 36.4 Å². The highest BCUT2D eigenvalue weighted by atomic mass is 32.1. The molecule has 1 amide bonds. The number of anilines is 1. The molecule has 1 heterocycles. The molecule has 26 heavy (non-hydrogen) atoms. The molecule has 1 aliphatic rings. The van der Waals surface area contributed by atoms with Crippen LogP contribution in [0.25, 0.3) is 0 Å². The van der Waals surface area contributed by atoms with Crippen molar-refractivity contribution in [2.75, 3.05) is 24.3 Å². The van der Waals surface area contributed by atoms with Crippen molar-refractivity contribution in [3.05, 3.63) is 48.3 Å². The molecule has 0 aliphatic heterocycles. The van der Waals surface area contributed by atoms with Gasteiger partial charge >= 0.3 is 0 Å². The minimum Gasteiger partial charge on any atom is -0.493 e. The summed E-state index contributed by atoms with van der Waals surface area (Å²) in [7, 11) is 1.63. The molecule has 0 radical (unpaired) electrons. The lowest BCUT2D eigenvalue weighted by atomic mass is 10.2. The smallest absolute Gasteiger partial charge is 0.258 e. The molecule has 0 saturated heterocycles. The summed E-state index contributed by atoms with van der Waals surface area (Å²) in [6, 6.07) is 9.05. The van der Waals surface area contributed by atoms with E-state index in [1.165, 1.54) is 12.8 Å².